The summed E-state index contributed by atoms with van der Waals surface area (Å²) in [7, 11) is -4.14. The van der Waals surface area contributed by atoms with E-state index in [9.17, 15) is 18.0 Å². The molecule has 0 heterocycles. The number of anilines is 1. The minimum absolute atomic E-state index is 0.0615. The molecule has 2 amide bonds. The van der Waals surface area contributed by atoms with Crippen LogP contribution in [0.5, 0.6) is 0 Å². The fourth-order valence-electron chi connectivity index (χ4n) is 6.24. The first-order valence-electron chi connectivity index (χ1n) is 16.0. The molecule has 1 N–H and O–H groups in total. The van der Waals surface area contributed by atoms with Gasteiger partial charge >= 0.3 is 0 Å². The molecule has 0 saturated heterocycles. The largest absolute Gasteiger partial charge is 0.352 e. The van der Waals surface area contributed by atoms with E-state index < -0.39 is 28.5 Å². The standard InChI is InChI=1S/C38H43N3O4S/c1-28-22-29(2)24-34(23-28)41(46(44,45)35-20-8-5-9-21-35)27-37(42)40(26-32-17-11-10-14-30(32)3)36(25-31-15-6-4-7-16-31)38(43)39-33-18-12-13-19-33/h4-11,14-17,20-24,33,36H,12-13,18-19,25-27H2,1-3H3,(H,39,43)/t36-/m0/s1. The predicted molar refractivity (Wildman–Crippen MR) is 183 cm³/mol. The minimum Gasteiger partial charge on any atom is -0.352 e. The molecule has 0 bridgehead atoms. The monoisotopic (exact) mass is 637 g/mol. The molecule has 240 valence electrons. The Morgan fingerprint density at radius 2 is 1.39 bits per heavy atom. The Morgan fingerprint density at radius 1 is 0.804 bits per heavy atom. The Labute approximate surface area is 273 Å². The second kappa shape index (κ2) is 14.8. The van der Waals surface area contributed by atoms with Gasteiger partial charge < -0.3 is 10.2 Å². The Hall–Kier alpha value is -4.43. The zero-order valence-corrected chi connectivity index (χ0v) is 27.7. The van der Waals surface area contributed by atoms with Gasteiger partial charge in [-0.25, -0.2) is 8.42 Å². The molecule has 1 atom stereocenters. The van der Waals surface area contributed by atoms with E-state index in [2.05, 4.69) is 5.32 Å². The van der Waals surface area contributed by atoms with Crippen LogP contribution in [-0.2, 0) is 32.6 Å². The summed E-state index contributed by atoms with van der Waals surface area (Å²) < 4.78 is 29.6. The molecule has 8 heteroatoms. The maximum absolute atomic E-state index is 14.7. The summed E-state index contributed by atoms with van der Waals surface area (Å²) >= 11 is 0. The second-order valence-corrected chi connectivity index (χ2v) is 14.2. The molecule has 0 unspecified atom stereocenters. The first-order valence-corrected chi connectivity index (χ1v) is 17.4. The van der Waals surface area contributed by atoms with Gasteiger partial charge in [0, 0.05) is 19.0 Å². The number of carbonyl (C=O) groups excluding carboxylic acids is 2. The van der Waals surface area contributed by atoms with Gasteiger partial charge in [-0.15, -0.1) is 0 Å². The van der Waals surface area contributed by atoms with Crippen molar-refractivity contribution in [3.63, 3.8) is 0 Å². The average Bonchev–Trinajstić information content (AvgIpc) is 3.55. The van der Waals surface area contributed by atoms with Gasteiger partial charge in [0.15, 0.2) is 0 Å². The lowest BCUT2D eigenvalue weighted by Gasteiger charge is -2.34. The maximum atomic E-state index is 14.7. The van der Waals surface area contributed by atoms with Crippen LogP contribution in [0.15, 0.2) is 108 Å². The van der Waals surface area contributed by atoms with Gasteiger partial charge in [0.05, 0.1) is 10.6 Å². The van der Waals surface area contributed by atoms with Gasteiger partial charge in [-0.1, -0.05) is 91.7 Å². The number of benzene rings is 4. The lowest BCUT2D eigenvalue weighted by molar-refractivity contribution is -0.140. The molecule has 4 aromatic carbocycles. The van der Waals surface area contributed by atoms with E-state index in [0.717, 1.165) is 53.5 Å². The van der Waals surface area contributed by atoms with Crippen LogP contribution >= 0.6 is 0 Å². The van der Waals surface area contributed by atoms with E-state index in [0.29, 0.717) is 12.1 Å². The molecule has 0 aliphatic heterocycles. The highest BCUT2D eigenvalue weighted by Crippen LogP contribution is 2.27. The summed E-state index contributed by atoms with van der Waals surface area (Å²) in [6, 6.07) is 30.3. The van der Waals surface area contributed by atoms with Crippen LogP contribution in [0.3, 0.4) is 0 Å². The van der Waals surface area contributed by atoms with Crippen molar-refractivity contribution >= 4 is 27.5 Å². The van der Waals surface area contributed by atoms with E-state index >= 15 is 0 Å². The van der Waals surface area contributed by atoms with E-state index in [4.69, 9.17) is 0 Å². The Bertz CT molecular complexity index is 1730. The third-order valence-electron chi connectivity index (χ3n) is 8.68. The first-order chi connectivity index (χ1) is 22.1. The summed E-state index contributed by atoms with van der Waals surface area (Å²) in [5.74, 6) is -0.675. The normalized spacial score (nSPS) is 14.1. The summed E-state index contributed by atoms with van der Waals surface area (Å²) in [4.78, 5) is 30.5. The Morgan fingerprint density at radius 3 is 2.02 bits per heavy atom. The third-order valence-corrected chi connectivity index (χ3v) is 10.5. The molecule has 1 fully saturated rings. The zero-order valence-electron chi connectivity index (χ0n) is 26.9. The molecule has 4 aromatic rings. The third kappa shape index (κ3) is 8.04. The number of nitrogens with one attached hydrogen (secondary N) is 1. The van der Waals surface area contributed by atoms with Crippen LogP contribution in [0.2, 0.25) is 0 Å². The van der Waals surface area contributed by atoms with Crippen LogP contribution < -0.4 is 9.62 Å². The molecule has 5 rings (SSSR count). The van der Waals surface area contributed by atoms with Crippen molar-refractivity contribution in [3.05, 3.63) is 131 Å². The van der Waals surface area contributed by atoms with Crippen LogP contribution in [0.1, 0.15) is 53.5 Å². The number of amides is 2. The van der Waals surface area contributed by atoms with Crippen LogP contribution in [0.4, 0.5) is 5.69 Å². The smallest absolute Gasteiger partial charge is 0.264 e. The summed E-state index contributed by atoms with van der Waals surface area (Å²) in [5.41, 5.74) is 4.96. The van der Waals surface area contributed by atoms with Gasteiger partial charge in [-0.05, 0) is 85.7 Å². The lowest BCUT2D eigenvalue weighted by Crippen LogP contribution is -2.54. The summed E-state index contributed by atoms with van der Waals surface area (Å²) in [5, 5.41) is 3.23. The SMILES string of the molecule is Cc1cc(C)cc(N(CC(=O)N(Cc2ccccc2C)[C@@H](Cc2ccccc2)C(=O)NC2CCCC2)S(=O)(=O)c2ccccc2)c1. The number of nitrogens with zero attached hydrogens (tertiary/aromatic N) is 2. The number of hydrogen-bond acceptors (Lipinski definition) is 4. The molecule has 0 aromatic heterocycles. The molecule has 1 saturated carbocycles. The summed E-state index contributed by atoms with van der Waals surface area (Å²) in [6.07, 6.45) is 4.23. The van der Waals surface area contributed by atoms with Crippen molar-refractivity contribution in [1.29, 1.82) is 0 Å². The highest BCUT2D eigenvalue weighted by molar-refractivity contribution is 7.92. The molecule has 1 aliphatic rings. The quantitative estimate of drug-likeness (QED) is 0.192. The van der Waals surface area contributed by atoms with E-state index in [1.165, 1.54) is 16.4 Å². The van der Waals surface area contributed by atoms with E-state index in [-0.39, 0.29) is 23.4 Å². The van der Waals surface area contributed by atoms with Gasteiger partial charge in [0.25, 0.3) is 10.0 Å². The van der Waals surface area contributed by atoms with Crippen molar-refractivity contribution in [2.24, 2.45) is 0 Å². The molecule has 0 radical (unpaired) electrons. The zero-order chi connectivity index (χ0) is 32.7. The Kier molecular flexibility index (Phi) is 10.6. The van der Waals surface area contributed by atoms with Crippen molar-refractivity contribution in [3.8, 4) is 0 Å². The fourth-order valence-corrected chi connectivity index (χ4v) is 7.65. The molecular weight excluding hydrogens is 595 g/mol. The summed E-state index contributed by atoms with van der Waals surface area (Å²) in [6.45, 7) is 5.48. The van der Waals surface area contributed by atoms with Crippen molar-refractivity contribution in [2.45, 2.75) is 76.4 Å². The number of hydrogen-bond donors (Lipinski definition) is 1. The van der Waals surface area contributed by atoms with Crippen molar-refractivity contribution < 1.29 is 18.0 Å². The predicted octanol–water partition coefficient (Wildman–Crippen LogP) is 6.51. The average molecular weight is 638 g/mol. The molecule has 7 nitrogen and oxygen atoms in total. The van der Waals surface area contributed by atoms with E-state index in [1.807, 2.05) is 81.4 Å². The first kappa shape index (κ1) is 32.9. The number of rotatable bonds is 12. The van der Waals surface area contributed by atoms with Crippen LogP contribution in [0.25, 0.3) is 0 Å². The molecule has 1 aliphatic carbocycles. The molecule has 0 spiro atoms. The van der Waals surface area contributed by atoms with E-state index in [1.54, 1.807) is 35.2 Å². The number of aryl methyl sites for hydroxylation is 3. The van der Waals surface area contributed by atoms with Gasteiger partial charge in [0.2, 0.25) is 11.8 Å². The molecular formula is C38H43N3O4S. The lowest BCUT2D eigenvalue weighted by atomic mass is 10.0. The number of carbonyl (C=O) groups is 2. The van der Waals surface area contributed by atoms with Crippen molar-refractivity contribution in [2.75, 3.05) is 10.8 Å². The number of sulfonamides is 1. The van der Waals surface area contributed by atoms with Crippen LogP contribution in [-0.4, -0.2) is 43.8 Å². The van der Waals surface area contributed by atoms with Gasteiger partial charge in [-0.2, -0.15) is 0 Å². The van der Waals surface area contributed by atoms with Crippen LogP contribution in [0, 0.1) is 20.8 Å². The van der Waals surface area contributed by atoms with Gasteiger partial charge in [0.1, 0.15) is 12.6 Å². The Balaban J connectivity index is 1.59. The molecule has 46 heavy (non-hydrogen) atoms. The van der Waals surface area contributed by atoms with Gasteiger partial charge in [-0.3, -0.25) is 13.9 Å². The maximum Gasteiger partial charge on any atom is 0.264 e. The fraction of sp³-hybridized carbons (Fsp3) is 0.316. The topological polar surface area (TPSA) is 86.8 Å². The minimum atomic E-state index is -4.14. The highest BCUT2D eigenvalue weighted by Gasteiger charge is 2.35. The van der Waals surface area contributed by atoms with Crippen molar-refractivity contribution in [1.82, 2.24) is 10.2 Å². The second-order valence-electron chi connectivity index (χ2n) is 12.3. The highest BCUT2D eigenvalue weighted by atomic mass is 32.2.